The third-order valence-corrected chi connectivity index (χ3v) is 6.20. The Morgan fingerprint density at radius 2 is 2.31 bits per heavy atom. The predicted octanol–water partition coefficient (Wildman–Crippen LogP) is 2.49. The summed E-state index contributed by atoms with van der Waals surface area (Å²) in [5.74, 6) is 1.28. The summed E-state index contributed by atoms with van der Waals surface area (Å²) < 4.78 is 1.57. The van der Waals surface area contributed by atoms with Crippen molar-refractivity contribution in [1.29, 1.82) is 0 Å². The molecule has 2 aliphatic heterocycles. The van der Waals surface area contributed by atoms with E-state index in [1.54, 1.807) is 14.6 Å². The molecular weight excluding hydrogens is 236 g/mol. The maximum atomic E-state index is 6.00. The molecule has 16 heavy (non-hydrogen) atoms. The molecule has 1 aromatic rings. The standard InChI is InChI=1S/C12H18N2S2/c1-14-7-9(13)2-3-10(14)11-6-8-4-5-15-12(8)16-11/h6,9-10H,2-5,7,13H2,1H3. The number of nitrogens with zero attached hydrogens (tertiary/aromatic N) is 1. The van der Waals surface area contributed by atoms with Crippen LogP contribution in [0.15, 0.2) is 10.3 Å². The summed E-state index contributed by atoms with van der Waals surface area (Å²) in [6.45, 7) is 1.04. The van der Waals surface area contributed by atoms with E-state index in [0.717, 1.165) is 6.54 Å². The predicted molar refractivity (Wildman–Crippen MR) is 71.3 cm³/mol. The minimum atomic E-state index is 0.377. The highest BCUT2D eigenvalue weighted by molar-refractivity contribution is 8.01. The molecule has 0 spiro atoms. The maximum Gasteiger partial charge on any atom is 0.0634 e. The number of thioether (sulfide) groups is 1. The lowest BCUT2D eigenvalue weighted by Gasteiger charge is -2.35. The summed E-state index contributed by atoms with van der Waals surface area (Å²) in [7, 11) is 2.21. The van der Waals surface area contributed by atoms with Crippen molar-refractivity contribution in [1.82, 2.24) is 4.90 Å². The fourth-order valence-electron chi connectivity index (χ4n) is 2.69. The summed E-state index contributed by atoms with van der Waals surface area (Å²) in [6.07, 6.45) is 3.67. The van der Waals surface area contributed by atoms with E-state index in [4.69, 9.17) is 5.73 Å². The average molecular weight is 254 g/mol. The van der Waals surface area contributed by atoms with Crippen LogP contribution >= 0.6 is 23.1 Å². The van der Waals surface area contributed by atoms with E-state index in [-0.39, 0.29) is 0 Å². The summed E-state index contributed by atoms with van der Waals surface area (Å²) in [6, 6.07) is 3.44. The Morgan fingerprint density at radius 3 is 3.06 bits per heavy atom. The first-order valence-electron chi connectivity index (χ1n) is 5.95. The van der Waals surface area contributed by atoms with E-state index in [0.29, 0.717) is 12.1 Å². The van der Waals surface area contributed by atoms with E-state index in [2.05, 4.69) is 18.0 Å². The molecule has 2 N–H and O–H groups in total. The molecule has 0 radical (unpaired) electrons. The molecule has 0 aromatic carbocycles. The molecule has 0 aliphatic carbocycles. The molecule has 0 saturated carbocycles. The van der Waals surface area contributed by atoms with E-state index in [9.17, 15) is 0 Å². The van der Waals surface area contributed by atoms with E-state index in [1.807, 2.05) is 23.1 Å². The molecule has 2 nitrogen and oxygen atoms in total. The Balaban J connectivity index is 1.81. The number of piperidine rings is 1. The van der Waals surface area contributed by atoms with Crippen molar-refractivity contribution in [2.75, 3.05) is 19.3 Å². The number of hydrogen-bond donors (Lipinski definition) is 1. The van der Waals surface area contributed by atoms with Gasteiger partial charge in [-0.15, -0.1) is 23.1 Å². The molecule has 3 heterocycles. The van der Waals surface area contributed by atoms with Gasteiger partial charge in [0.2, 0.25) is 0 Å². The summed E-state index contributed by atoms with van der Waals surface area (Å²) >= 11 is 4.04. The Bertz CT molecular complexity index is 367. The van der Waals surface area contributed by atoms with Crippen molar-refractivity contribution in [2.45, 2.75) is 35.6 Å². The van der Waals surface area contributed by atoms with Crippen molar-refractivity contribution in [3.63, 3.8) is 0 Å². The molecule has 4 heteroatoms. The van der Waals surface area contributed by atoms with Crippen LogP contribution in [0.3, 0.4) is 0 Å². The van der Waals surface area contributed by atoms with Crippen molar-refractivity contribution in [2.24, 2.45) is 5.73 Å². The molecule has 2 unspecified atom stereocenters. The van der Waals surface area contributed by atoms with E-state index in [1.165, 1.54) is 25.0 Å². The van der Waals surface area contributed by atoms with E-state index >= 15 is 0 Å². The zero-order valence-electron chi connectivity index (χ0n) is 9.61. The van der Waals surface area contributed by atoms with Crippen LogP contribution in [0, 0.1) is 0 Å². The van der Waals surface area contributed by atoms with Crippen LogP contribution < -0.4 is 5.73 Å². The van der Waals surface area contributed by atoms with Crippen LogP contribution in [0.1, 0.15) is 29.3 Å². The van der Waals surface area contributed by atoms with Crippen LogP contribution in [-0.4, -0.2) is 30.3 Å². The van der Waals surface area contributed by atoms with Gasteiger partial charge in [0.25, 0.3) is 0 Å². The quantitative estimate of drug-likeness (QED) is 0.835. The third-order valence-electron chi connectivity index (χ3n) is 3.59. The van der Waals surface area contributed by atoms with Gasteiger partial charge in [0.15, 0.2) is 0 Å². The van der Waals surface area contributed by atoms with Gasteiger partial charge in [0, 0.05) is 29.3 Å². The maximum absolute atomic E-state index is 6.00. The van der Waals surface area contributed by atoms with Gasteiger partial charge in [-0.3, -0.25) is 4.90 Å². The molecule has 88 valence electrons. The fourth-order valence-corrected chi connectivity index (χ4v) is 5.46. The second-order valence-corrected chi connectivity index (χ2v) is 7.30. The minimum Gasteiger partial charge on any atom is -0.327 e. The number of nitrogens with two attached hydrogens (primary N) is 1. The Kier molecular flexibility index (Phi) is 3.00. The van der Waals surface area contributed by atoms with E-state index < -0.39 is 0 Å². The van der Waals surface area contributed by atoms with Crippen LogP contribution in [-0.2, 0) is 6.42 Å². The molecule has 1 fully saturated rings. The highest BCUT2D eigenvalue weighted by Gasteiger charge is 2.27. The fraction of sp³-hybridized carbons (Fsp3) is 0.667. The van der Waals surface area contributed by atoms with Crippen LogP contribution in [0.25, 0.3) is 0 Å². The van der Waals surface area contributed by atoms with Gasteiger partial charge in [-0.2, -0.15) is 0 Å². The molecule has 1 aromatic heterocycles. The van der Waals surface area contributed by atoms with Gasteiger partial charge in [-0.25, -0.2) is 0 Å². The molecule has 0 amide bonds. The van der Waals surface area contributed by atoms with Crippen molar-refractivity contribution < 1.29 is 0 Å². The van der Waals surface area contributed by atoms with Gasteiger partial charge in [0.05, 0.1) is 4.21 Å². The van der Waals surface area contributed by atoms with Gasteiger partial charge >= 0.3 is 0 Å². The van der Waals surface area contributed by atoms with Gasteiger partial charge < -0.3 is 5.73 Å². The first-order valence-corrected chi connectivity index (χ1v) is 7.75. The highest BCUT2D eigenvalue weighted by atomic mass is 32.2. The molecular formula is C12H18N2S2. The van der Waals surface area contributed by atoms with Gasteiger partial charge in [-0.1, -0.05) is 0 Å². The Labute approximate surface area is 105 Å². The molecule has 1 saturated heterocycles. The number of fused-ring (bicyclic) bond motifs is 1. The Hall–Kier alpha value is -0.0300. The normalized spacial score (nSPS) is 30.6. The van der Waals surface area contributed by atoms with Gasteiger partial charge in [0.1, 0.15) is 0 Å². The Morgan fingerprint density at radius 1 is 1.44 bits per heavy atom. The van der Waals surface area contributed by atoms with Crippen molar-refractivity contribution in [3.05, 3.63) is 16.5 Å². The number of thiophene rings is 1. The number of hydrogen-bond acceptors (Lipinski definition) is 4. The molecule has 2 atom stereocenters. The summed E-state index contributed by atoms with van der Waals surface area (Å²) in [5, 5.41) is 0. The number of likely N-dealkylation sites (tertiary alicyclic amines) is 1. The number of likely N-dealkylation sites (N-methyl/N-ethyl adjacent to an activating group) is 1. The molecule has 2 aliphatic rings. The first-order chi connectivity index (χ1) is 7.74. The first kappa shape index (κ1) is 11.1. The number of aryl methyl sites for hydroxylation is 1. The van der Waals surface area contributed by atoms with Crippen molar-refractivity contribution in [3.8, 4) is 0 Å². The molecule has 3 rings (SSSR count). The van der Waals surface area contributed by atoms with Crippen LogP contribution in [0.2, 0.25) is 0 Å². The topological polar surface area (TPSA) is 29.3 Å². The zero-order chi connectivity index (χ0) is 11.1. The second-order valence-electron chi connectivity index (χ2n) is 4.85. The zero-order valence-corrected chi connectivity index (χ0v) is 11.2. The lowest BCUT2D eigenvalue weighted by molar-refractivity contribution is 0.172. The largest absolute Gasteiger partial charge is 0.327 e. The summed E-state index contributed by atoms with van der Waals surface area (Å²) in [5.41, 5.74) is 7.59. The van der Waals surface area contributed by atoms with Crippen LogP contribution in [0.4, 0.5) is 0 Å². The minimum absolute atomic E-state index is 0.377. The monoisotopic (exact) mass is 254 g/mol. The SMILES string of the molecule is CN1CC(N)CCC1c1cc2c(s1)SCC2. The van der Waals surface area contributed by atoms with Crippen LogP contribution in [0.5, 0.6) is 0 Å². The van der Waals surface area contributed by atoms with Gasteiger partial charge in [-0.05, 0) is 37.9 Å². The lowest BCUT2D eigenvalue weighted by Crippen LogP contribution is -2.42. The average Bonchev–Trinajstić information content (AvgIpc) is 2.76. The molecule has 0 bridgehead atoms. The lowest BCUT2D eigenvalue weighted by atomic mass is 9.98. The second kappa shape index (κ2) is 4.33. The third kappa shape index (κ3) is 1.92. The highest BCUT2D eigenvalue weighted by Crippen LogP contribution is 2.43. The van der Waals surface area contributed by atoms with Crippen molar-refractivity contribution >= 4 is 23.1 Å². The summed E-state index contributed by atoms with van der Waals surface area (Å²) in [4.78, 5) is 3.99. The smallest absolute Gasteiger partial charge is 0.0634 e. The number of rotatable bonds is 1.